The van der Waals surface area contributed by atoms with Gasteiger partial charge in [-0.1, -0.05) is 12.1 Å². The van der Waals surface area contributed by atoms with Crippen molar-refractivity contribution in [3.05, 3.63) is 48.2 Å². The second kappa shape index (κ2) is 7.28. The van der Waals surface area contributed by atoms with E-state index < -0.39 is 5.97 Å². The molecule has 5 heteroatoms. The summed E-state index contributed by atoms with van der Waals surface area (Å²) in [6.07, 6.45) is 1.56. The Labute approximate surface area is 123 Å². The summed E-state index contributed by atoms with van der Waals surface area (Å²) >= 11 is 0. The van der Waals surface area contributed by atoms with Gasteiger partial charge in [0.05, 0.1) is 13.2 Å². The van der Waals surface area contributed by atoms with Crippen LogP contribution in [-0.4, -0.2) is 24.2 Å². The van der Waals surface area contributed by atoms with Crippen molar-refractivity contribution in [1.29, 1.82) is 0 Å². The van der Waals surface area contributed by atoms with Gasteiger partial charge in [0.15, 0.2) is 11.5 Å². The van der Waals surface area contributed by atoms with Gasteiger partial charge in [0.1, 0.15) is 5.56 Å². The van der Waals surface area contributed by atoms with Crippen molar-refractivity contribution in [2.75, 3.05) is 13.2 Å². The highest BCUT2D eigenvalue weighted by Gasteiger charge is 2.16. The zero-order chi connectivity index (χ0) is 15.1. The van der Waals surface area contributed by atoms with Gasteiger partial charge in [0.2, 0.25) is 5.88 Å². The quantitative estimate of drug-likeness (QED) is 0.762. The molecule has 0 amide bonds. The maximum absolute atomic E-state index is 11.9. The van der Waals surface area contributed by atoms with Crippen LogP contribution in [0.4, 0.5) is 0 Å². The third-order valence-corrected chi connectivity index (χ3v) is 2.62. The number of aromatic nitrogens is 1. The van der Waals surface area contributed by atoms with E-state index in [-0.39, 0.29) is 11.4 Å². The summed E-state index contributed by atoms with van der Waals surface area (Å²) in [5.74, 6) is 0.835. The summed E-state index contributed by atoms with van der Waals surface area (Å²) in [6.45, 7) is 4.46. The van der Waals surface area contributed by atoms with E-state index in [2.05, 4.69) is 4.98 Å². The SMILES string of the molecule is CCOC(=O)c1cccnc1Oc1ccccc1OCC. The molecule has 0 bridgehead atoms. The van der Waals surface area contributed by atoms with Crippen LogP contribution in [0, 0.1) is 0 Å². The maximum atomic E-state index is 11.9. The summed E-state index contributed by atoms with van der Waals surface area (Å²) in [5.41, 5.74) is 0.283. The highest BCUT2D eigenvalue weighted by Crippen LogP contribution is 2.31. The molecule has 110 valence electrons. The van der Waals surface area contributed by atoms with Gasteiger partial charge in [0, 0.05) is 6.20 Å². The summed E-state index contributed by atoms with van der Waals surface area (Å²) in [6, 6.07) is 10.5. The average Bonchev–Trinajstić information content (AvgIpc) is 2.50. The summed E-state index contributed by atoms with van der Waals surface area (Å²) in [5, 5.41) is 0. The Hall–Kier alpha value is -2.56. The summed E-state index contributed by atoms with van der Waals surface area (Å²) < 4.78 is 16.2. The van der Waals surface area contributed by atoms with E-state index in [9.17, 15) is 4.79 Å². The summed E-state index contributed by atoms with van der Waals surface area (Å²) in [4.78, 5) is 16.0. The lowest BCUT2D eigenvalue weighted by Crippen LogP contribution is -2.07. The van der Waals surface area contributed by atoms with Crippen molar-refractivity contribution in [3.8, 4) is 17.4 Å². The van der Waals surface area contributed by atoms with Gasteiger partial charge in [-0.3, -0.25) is 0 Å². The van der Waals surface area contributed by atoms with Crippen LogP contribution >= 0.6 is 0 Å². The second-order valence-corrected chi connectivity index (χ2v) is 4.06. The molecule has 0 N–H and O–H groups in total. The highest BCUT2D eigenvalue weighted by molar-refractivity contribution is 5.91. The van der Waals surface area contributed by atoms with Crippen LogP contribution in [0.3, 0.4) is 0 Å². The Bertz CT molecular complexity index is 613. The molecule has 0 radical (unpaired) electrons. The lowest BCUT2D eigenvalue weighted by molar-refractivity contribution is 0.0522. The van der Waals surface area contributed by atoms with Crippen molar-refractivity contribution >= 4 is 5.97 Å². The Kier molecular flexibility index (Phi) is 5.15. The molecule has 0 aliphatic rings. The number of esters is 1. The van der Waals surface area contributed by atoms with Crippen LogP contribution in [-0.2, 0) is 4.74 Å². The van der Waals surface area contributed by atoms with Crippen molar-refractivity contribution in [2.45, 2.75) is 13.8 Å². The molecule has 2 rings (SSSR count). The molecule has 0 saturated heterocycles. The van der Waals surface area contributed by atoms with E-state index in [4.69, 9.17) is 14.2 Å². The largest absolute Gasteiger partial charge is 0.490 e. The molecule has 0 saturated carbocycles. The Morgan fingerprint density at radius 3 is 2.52 bits per heavy atom. The Morgan fingerprint density at radius 1 is 1.05 bits per heavy atom. The van der Waals surface area contributed by atoms with Crippen LogP contribution in [0.5, 0.6) is 17.4 Å². The second-order valence-electron chi connectivity index (χ2n) is 4.06. The fourth-order valence-corrected chi connectivity index (χ4v) is 1.75. The minimum absolute atomic E-state index is 0.197. The first-order valence-corrected chi connectivity index (χ1v) is 6.78. The van der Waals surface area contributed by atoms with E-state index >= 15 is 0 Å². The molecule has 0 spiro atoms. The number of hydrogen-bond donors (Lipinski definition) is 0. The van der Waals surface area contributed by atoms with Gasteiger partial charge in [-0.2, -0.15) is 0 Å². The predicted molar refractivity (Wildman–Crippen MR) is 77.9 cm³/mol. The van der Waals surface area contributed by atoms with Gasteiger partial charge in [-0.15, -0.1) is 0 Å². The van der Waals surface area contributed by atoms with Crippen LogP contribution < -0.4 is 9.47 Å². The third kappa shape index (κ3) is 3.72. The van der Waals surface area contributed by atoms with Gasteiger partial charge < -0.3 is 14.2 Å². The van der Waals surface area contributed by atoms with E-state index in [1.165, 1.54) is 0 Å². The first-order chi connectivity index (χ1) is 10.3. The number of benzene rings is 1. The monoisotopic (exact) mass is 287 g/mol. The van der Waals surface area contributed by atoms with Crippen molar-refractivity contribution in [1.82, 2.24) is 4.98 Å². The molecular weight excluding hydrogens is 270 g/mol. The molecular formula is C16H17NO4. The van der Waals surface area contributed by atoms with Gasteiger partial charge in [-0.25, -0.2) is 9.78 Å². The molecule has 2 aromatic rings. The Balaban J connectivity index is 2.30. The number of carbonyl (C=O) groups excluding carboxylic acids is 1. The van der Waals surface area contributed by atoms with Crippen molar-refractivity contribution < 1.29 is 19.0 Å². The number of ether oxygens (including phenoxy) is 3. The smallest absolute Gasteiger partial charge is 0.343 e. The molecule has 1 heterocycles. The third-order valence-electron chi connectivity index (χ3n) is 2.62. The predicted octanol–water partition coefficient (Wildman–Crippen LogP) is 3.45. The molecule has 0 aliphatic carbocycles. The summed E-state index contributed by atoms with van der Waals surface area (Å²) in [7, 11) is 0. The number of pyridine rings is 1. The molecule has 1 aromatic carbocycles. The van der Waals surface area contributed by atoms with Crippen LogP contribution in [0.2, 0.25) is 0 Å². The standard InChI is InChI=1S/C16H17NO4/c1-3-19-13-9-5-6-10-14(13)21-15-12(8-7-11-17-15)16(18)20-4-2/h5-11H,3-4H2,1-2H3. The van der Waals surface area contributed by atoms with Gasteiger partial charge >= 0.3 is 5.97 Å². The van der Waals surface area contributed by atoms with Crippen molar-refractivity contribution in [2.24, 2.45) is 0 Å². The first-order valence-electron chi connectivity index (χ1n) is 6.78. The molecule has 1 aromatic heterocycles. The number of hydrogen-bond acceptors (Lipinski definition) is 5. The van der Waals surface area contributed by atoms with E-state index in [1.54, 1.807) is 37.4 Å². The molecule has 0 atom stereocenters. The molecule has 0 fully saturated rings. The van der Waals surface area contributed by atoms with E-state index in [1.807, 2.05) is 19.1 Å². The van der Waals surface area contributed by atoms with Crippen LogP contribution in [0.25, 0.3) is 0 Å². The van der Waals surface area contributed by atoms with E-state index in [0.717, 1.165) is 0 Å². The molecule has 5 nitrogen and oxygen atoms in total. The maximum Gasteiger partial charge on any atom is 0.343 e. The minimum atomic E-state index is -0.463. The Morgan fingerprint density at radius 2 is 1.81 bits per heavy atom. The fraction of sp³-hybridized carbons (Fsp3) is 0.250. The lowest BCUT2D eigenvalue weighted by Gasteiger charge is -2.12. The fourth-order valence-electron chi connectivity index (χ4n) is 1.75. The highest BCUT2D eigenvalue weighted by atomic mass is 16.5. The first kappa shape index (κ1) is 14.8. The number of rotatable bonds is 6. The number of carbonyl (C=O) groups is 1. The normalized spacial score (nSPS) is 10.0. The molecule has 0 unspecified atom stereocenters. The number of para-hydroxylation sites is 2. The minimum Gasteiger partial charge on any atom is -0.490 e. The van der Waals surface area contributed by atoms with Crippen molar-refractivity contribution in [3.63, 3.8) is 0 Å². The van der Waals surface area contributed by atoms with E-state index in [0.29, 0.717) is 24.7 Å². The van der Waals surface area contributed by atoms with Gasteiger partial charge in [0.25, 0.3) is 0 Å². The average molecular weight is 287 g/mol. The topological polar surface area (TPSA) is 57.7 Å². The zero-order valence-corrected chi connectivity index (χ0v) is 12.0. The number of nitrogens with zero attached hydrogens (tertiary/aromatic N) is 1. The van der Waals surface area contributed by atoms with Crippen LogP contribution in [0.15, 0.2) is 42.6 Å². The molecule has 0 aliphatic heterocycles. The zero-order valence-electron chi connectivity index (χ0n) is 12.0. The van der Waals surface area contributed by atoms with Crippen LogP contribution in [0.1, 0.15) is 24.2 Å². The van der Waals surface area contributed by atoms with Gasteiger partial charge in [-0.05, 0) is 38.1 Å². The molecule has 21 heavy (non-hydrogen) atoms. The lowest BCUT2D eigenvalue weighted by atomic mass is 10.2.